The van der Waals surface area contributed by atoms with Gasteiger partial charge in [-0.25, -0.2) is 0 Å². The summed E-state index contributed by atoms with van der Waals surface area (Å²) in [5.41, 5.74) is 5.67. The fraction of sp³-hybridized carbons (Fsp3) is 0.391. The molecule has 0 saturated carbocycles. The third kappa shape index (κ3) is 5.11. The summed E-state index contributed by atoms with van der Waals surface area (Å²) < 4.78 is 0. The van der Waals surface area contributed by atoms with Gasteiger partial charge in [0, 0.05) is 24.5 Å². The molecule has 0 fully saturated rings. The van der Waals surface area contributed by atoms with Crippen LogP contribution in [-0.2, 0) is 0 Å². The average Bonchev–Trinajstić information content (AvgIpc) is 2.96. The van der Waals surface area contributed by atoms with Gasteiger partial charge in [-0.2, -0.15) is 5.26 Å². The number of aromatic amines is 1. The molecule has 0 atom stereocenters. The van der Waals surface area contributed by atoms with Crippen LogP contribution in [0.1, 0.15) is 52.3 Å². The van der Waals surface area contributed by atoms with Crippen molar-refractivity contribution in [1.82, 2.24) is 15.2 Å². The largest absolute Gasteiger partial charge is 0.358 e. The number of nitriles is 1. The Morgan fingerprint density at radius 3 is 2.57 bits per heavy atom. The first-order valence-electron chi connectivity index (χ1n) is 9.79. The highest BCUT2D eigenvalue weighted by Crippen LogP contribution is 2.24. The molecule has 0 aliphatic rings. The smallest absolute Gasteiger partial charge is 0.253 e. The average molecular weight is 379 g/mol. The van der Waals surface area contributed by atoms with Crippen molar-refractivity contribution in [1.29, 1.82) is 5.26 Å². The number of likely N-dealkylation sites (N-methyl/N-ethyl adjacent to an activating group) is 1. The standard InChI is InChI=1S/C23H30N4O/c1-6-27(7-2)12-11-25-23(28)22-17(4)21(26-18(22)5)14-20(15-24)19-10-8-9-16(3)13-19/h8-10,13-14,26H,6-7,11-12H2,1-5H3,(H,25,28)/b20-14+. The molecule has 0 aliphatic carbocycles. The summed E-state index contributed by atoms with van der Waals surface area (Å²) in [6.07, 6.45) is 1.82. The molecule has 1 heterocycles. The van der Waals surface area contributed by atoms with Gasteiger partial charge >= 0.3 is 0 Å². The fourth-order valence-corrected chi connectivity index (χ4v) is 3.35. The Morgan fingerprint density at radius 1 is 1.25 bits per heavy atom. The van der Waals surface area contributed by atoms with Crippen LogP contribution in [0.4, 0.5) is 0 Å². The van der Waals surface area contributed by atoms with E-state index in [4.69, 9.17) is 0 Å². The molecular formula is C23H30N4O. The Balaban J connectivity index is 2.23. The lowest BCUT2D eigenvalue weighted by Crippen LogP contribution is -2.35. The lowest BCUT2D eigenvalue weighted by molar-refractivity contribution is 0.0948. The van der Waals surface area contributed by atoms with E-state index in [1.807, 2.05) is 51.1 Å². The van der Waals surface area contributed by atoms with Gasteiger partial charge in [-0.1, -0.05) is 43.7 Å². The van der Waals surface area contributed by atoms with Gasteiger partial charge in [0.15, 0.2) is 0 Å². The number of benzene rings is 1. The van der Waals surface area contributed by atoms with Gasteiger partial charge in [-0.3, -0.25) is 4.79 Å². The topological polar surface area (TPSA) is 71.9 Å². The van der Waals surface area contributed by atoms with Gasteiger partial charge in [0.1, 0.15) is 0 Å². The highest BCUT2D eigenvalue weighted by Gasteiger charge is 2.17. The third-order valence-corrected chi connectivity index (χ3v) is 5.05. The van der Waals surface area contributed by atoms with Crippen LogP contribution in [0.15, 0.2) is 24.3 Å². The lowest BCUT2D eigenvalue weighted by Gasteiger charge is -2.18. The Morgan fingerprint density at radius 2 is 1.96 bits per heavy atom. The summed E-state index contributed by atoms with van der Waals surface area (Å²) >= 11 is 0. The molecule has 148 valence electrons. The number of carbonyl (C=O) groups excluding carboxylic acids is 1. The van der Waals surface area contributed by atoms with E-state index in [1.54, 1.807) is 0 Å². The quantitative estimate of drug-likeness (QED) is 0.680. The van der Waals surface area contributed by atoms with Crippen LogP contribution >= 0.6 is 0 Å². The molecule has 2 rings (SSSR count). The van der Waals surface area contributed by atoms with E-state index in [-0.39, 0.29) is 5.91 Å². The number of allylic oxidation sites excluding steroid dienone is 1. The van der Waals surface area contributed by atoms with Crippen molar-refractivity contribution >= 4 is 17.6 Å². The van der Waals surface area contributed by atoms with Crippen molar-refractivity contribution in [2.24, 2.45) is 0 Å². The number of nitrogens with one attached hydrogen (secondary N) is 2. The summed E-state index contributed by atoms with van der Waals surface area (Å²) in [6.45, 7) is 13.4. The number of rotatable bonds is 8. The van der Waals surface area contributed by atoms with Crippen LogP contribution in [0.2, 0.25) is 0 Å². The highest BCUT2D eigenvalue weighted by atomic mass is 16.1. The summed E-state index contributed by atoms with van der Waals surface area (Å²) in [5, 5.41) is 12.6. The van der Waals surface area contributed by atoms with Gasteiger partial charge in [0.05, 0.1) is 17.2 Å². The summed E-state index contributed by atoms with van der Waals surface area (Å²) in [6, 6.07) is 10.1. The number of aromatic nitrogens is 1. The molecule has 5 nitrogen and oxygen atoms in total. The van der Waals surface area contributed by atoms with E-state index in [0.717, 1.165) is 47.7 Å². The minimum Gasteiger partial charge on any atom is -0.358 e. The van der Waals surface area contributed by atoms with E-state index < -0.39 is 0 Å². The predicted molar refractivity (Wildman–Crippen MR) is 115 cm³/mol. The van der Waals surface area contributed by atoms with Crippen LogP contribution in [0.3, 0.4) is 0 Å². The second kappa shape index (κ2) is 9.91. The van der Waals surface area contributed by atoms with Crippen molar-refractivity contribution in [3.8, 4) is 6.07 Å². The molecule has 1 amide bonds. The maximum Gasteiger partial charge on any atom is 0.253 e. The molecule has 5 heteroatoms. The van der Waals surface area contributed by atoms with E-state index >= 15 is 0 Å². The van der Waals surface area contributed by atoms with Crippen molar-refractivity contribution in [3.63, 3.8) is 0 Å². The molecular weight excluding hydrogens is 348 g/mol. The number of hydrogen-bond acceptors (Lipinski definition) is 3. The zero-order chi connectivity index (χ0) is 20.7. The van der Waals surface area contributed by atoms with E-state index in [2.05, 4.69) is 35.1 Å². The van der Waals surface area contributed by atoms with Crippen molar-refractivity contribution in [2.75, 3.05) is 26.2 Å². The first-order valence-corrected chi connectivity index (χ1v) is 9.79. The molecule has 0 aliphatic heterocycles. The molecule has 1 aromatic heterocycles. The minimum absolute atomic E-state index is 0.0767. The highest BCUT2D eigenvalue weighted by molar-refractivity contribution is 5.99. The number of carbonyl (C=O) groups is 1. The maximum atomic E-state index is 12.7. The maximum absolute atomic E-state index is 12.7. The zero-order valence-corrected chi connectivity index (χ0v) is 17.5. The van der Waals surface area contributed by atoms with Gasteiger partial charge in [-0.05, 0) is 51.1 Å². The summed E-state index contributed by atoms with van der Waals surface area (Å²) in [7, 11) is 0. The number of hydrogen-bond donors (Lipinski definition) is 2. The second-order valence-electron chi connectivity index (χ2n) is 6.99. The van der Waals surface area contributed by atoms with Gasteiger partial charge in [0.2, 0.25) is 0 Å². The monoisotopic (exact) mass is 378 g/mol. The molecule has 28 heavy (non-hydrogen) atoms. The normalized spacial score (nSPS) is 11.5. The number of nitrogens with zero attached hydrogens (tertiary/aromatic N) is 2. The third-order valence-electron chi connectivity index (χ3n) is 5.05. The van der Waals surface area contributed by atoms with Crippen LogP contribution < -0.4 is 5.32 Å². The van der Waals surface area contributed by atoms with Crippen LogP contribution in [0, 0.1) is 32.1 Å². The fourth-order valence-electron chi connectivity index (χ4n) is 3.35. The molecule has 0 unspecified atom stereocenters. The predicted octanol–water partition coefficient (Wildman–Crippen LogP) is 4.08. The van der Waals surface area contributed by atoms with E-state index in [0.29, 0.717) is 17.7 Å². The Labute approximate surface area is 168 Å². The number of aryl methyl sites for hydroxylation is 2. The molecule has 2 aromatic rings. The first-order chi connectivity index (χ1) is 13.4. The Hall–Kier alpha value is -2.84. The van der Waals surface area contributed by atoms with Crippen molar-refractivity contribution in [3.05, 3.63) is 57.9 Å². The number of H-pyrrole nitrogens is 1. The van der Waals surface area contributed by atoms with Crippen LogP contribution in [0.5, 0.6) is 0 Å². The van der Waals surface area contributed by atoms with E-state index in [9.17, 15) is 10.1 Å². The van der Waals surface area contributed by atoms with Gasteiger partial charge < -0.3 is 15.2 Å². The molecule has 2 N–H and O–H groups in total. The lowest BCUT2D eigenvalue weighted by atomic mass is 10.0. The van der Waals surface area contributed by atoms with Crippen molar-refractivity contribution < 1.29 is 4.79 Å². The molecule has 0 bridgehead atoms. The second-order valence-corrected chi connectivity index (χ2v) is 6.99. The van der Waals surface area contributed by atoms with Gasteiger partial charge in [0.25, 0.3) is 5.91 Å². The van der Waals surface area contributed by atoms with Crippen LogP contribution in [-0.4, -0.2) is 42.0 Å². The Bertz CT molecular complexity index is 898. The summed E-state index contributed by atoms with van der Waals surface area (Å²) in [4.78, 5) is 18.2. The van der Waals surface area contributed by atoms with E-state index in [1.165, 1.54) is 0 Å². The molecule has 1 aromatic carbocycles. The zero-order valence-electron chi connectivity index (χ0n) is 17.5. The molecule has 0 saturated heterocycles. The van der Waals surface area contributed by atoms with Gasteiger partial charge in [-0.15, -0.1) is 0 Å². The molecule has 0 spiro atoms. The number of amides is 1. The SMILES string of the molecule is CCN(CC)CCNC(=O)c1c(C)[nH]c(/C=C(\C#N)c2cccc(C)c2)c1C. The first kappa shape index (κ1) is 21.5. The Kier molecular flexibility index (Phi) is 7.60. The van der Waals surface area contributed by atoms with Crippen LogP contribution in [0.25, 0.3) is 11.6 Å². The summed E-state index contributed by atoms with van der Waals surface area (Å²) in [5.74, 6) is -0.0767. The van der Waals surface area contributed by atoms with Crippen molar-refractivity contribution in [2.45, 2.75) is 34.6 Å². The minimum atomic E-state index is -0.0767. The molecule has 0 radical (unpaired) electrons.